The van der Waals surface area contributed by atoms with Gasteiger partial charge in [-0.15, -0.1) is 0 Å². The fourth-order valence-electron chi connectivity index (χ4n) is 2.81. The summed E-state index contributed by atoms with van der Waals surface area (Å²) < 4.78 is 26.3. The van der Waals surface area contributed by atoms with Gasteiger partial charge in [-0.3, -0.25) is 18.6 Å². The molecule has 3 amide bonds. The Morgan fingerprint density at radius 2 is 1.63 bits per heavy atom. The van der Waals surface area contributed by atoms with Gasteiger partial charge in [0.25, 0.3) is 0 Å². The van der Waals surface area contributed by atoms with Crippen molar-refractivity contribution in [1.82, 2.24) is 10.6 Å². The Balaban J connectivity index is 2.06. The Morgan fingerprint density at radius 1 is 1.00 bits per heavy atom. The monoisotopic (exact) mass is 433 g/mol. The Hall–Kier alpha value is -3.07. The highest BCUT2D eigenvalue weighted by molar-refractivity contribution is 7.85. The van der Waals surface area contributed by atoms with Gasteiger partial charge in [-0.1, -0.05) is 36.4 Å². The summed E-state index contributed by atoms with van der Waals surface area (Å²) in [6.45, 7) is 1.23. The van der Waals surface area contributed by atoms with E-state index in [0.717, 1.165) is 0 Å². The van der Waals surface area contributed by atoms with Crippen molar-refractivity contribution in [2.45, 2.75) is 36.7 Å². The summed E-state index contributed by atoms with van der Waals surface area (Å²) in [4.78, 5) is 36.6. The minimum Gasteiger partial charge on any atom is -0.368 e. The molecule has 0 radical (unpaired) electrons. The summed E-state index contributed by atoms with van der Waals surface area (Å²) in [7, 11) is -1.37. The molecule has 30 heavy (non-hydrogen) atoms. The molecule has 0 spiro atoms. The average molecular weight is 434 g/mol. The van der Waals surface area contributed by atoms with Gasteiger partial charge in [-0.25, -0.2) is 4.39 Å². The first-order valence-corrected chi connectivity index (χ1v) is 10.6. The third-order valence-electron chi connectivity index (χ3n) is 4.33. The van der Waals surface area contributed by atoms with Crippen LogP contribution < -0.4 is 16.4 Å². The standard InChI is InChI=1S/C21H24FN3O4S/c1-14(26)24-19(13-15-7-5-6-10-17(15)22)21(28)25-18(20(23)27)11-12-30(29)16-8-3-2-4-9-16/h2-10,18-19H,11-13H2,1H3,(H2,23,27)(H,24,26)(H,25,28)/t18-,19-,30+/m0/s1. The van der Waals surface area contributed by atoms with Crippen molar-refractivity contribution in [1.29, 1.82) is 0 Å². The quantitative estimate of drug-likeness (QED) is 0.519. The number of hydrogen-bond donors (Lipinski definition) is 3. The fourth-order valence-corrected chi connectivity index (χ4v) is 3.96. The van der Waals surface area contributed by atoms with Crippen LogP contribution >= 0.6 is 0 Å². The normalized spacial score (nSPS) is 13.7. The highest BCUT2D eigenvalue weighted by Crippen LogP contribution is 2.11. The molecule has 0 aliphatic heterocycles. The van der Waals surface area contributed by atoms with E-state index in [-0.39, 0.29) is 24.2 Å². The molecule has 2 rings (SSSR count). The molecule has 0 fully saturated rings. The molecule has 0 unspecified atom stereocenters. The number of halogens is 1. The minimum atomic E-state index is -1.37. The third-order valence-corrected chi connectivity index (χ3v) is 5.74. The largest absolute Gasteiger partial charge is 0.368 e. The molecular formula is C21H24FN3O4S. The maximum atomic E-state index is 14.0. The van der Waals surface area contributed by atoms with Gasteiger partial charge >= 0.3 is 0 Å². The van der Waals surface area contributed by atoms with Gasteiger partial charge in [0.2, 0.25) is 17.7 Å². The molecule has 2 aromatic rings. The number of nitrogens with one attached hydrogen (secondary N) is 2. The van der Waals surface area contributed by atoms with Crippen LogP contribution in [-0.2, 0) is 31.6 Å². The molecule has 0 aromatic heterocycles. The van der Waals surface area contributed by atoms with Gasteiger partial charge in [-0.05, 0) is 30.2 Å². The van der Waals surface area contributed by atoms with E-state index in [0.29, 0.717) is 4.90 Å². The number of hydrogen-bond acceptors (Lipinski definition) is 4. The Morgan fingerprint density at radius 3 is 2.23 bits per heavy atom. The number of primary amides is 1. The van der Waals surface area contributed by atoms with E-state index in [9.17, 15) is 23.0 Å². The van der Waals surface area contributed by atoms with E-state index < -0.39 is 46.4 Å². The summed E-state index contributed by atoms with van der Waals surface area (Å²) in [5, 5.41) is 4.94. The number of rotatable bonds is 10. The molecule has 160 valence electrons. The first-order chi connectivity index (χ1) is 14.3. The SMILES string of the molecule is CC(=O)N[C@@H](Cc1ccccc1F)C(=O)N[C@@H](CC[S@@](=O)c1ccccc1)C(N)=O. The molecule has 7 nitrogen and oxygen atoms in total. The van der Waals surface area contributed by atoms with Crippen LogP contribution in [0.4, 0.5) is 4.39 Å². The Bertz CT molecular complexity index is 923. The molecule has 4 N–H and O–H groups in total. The highest BCUT2D eigenvalue weighted by atomic mass is 32.2. The highest BCUT2D eigenvalue weighted by Gasteiger charge is 2.26. The van der Waals surface area contributed by atoms with Gasteiger partial charge in [0.15, 0.2) is 0 Å². The van der Waals surface area contributed by atoms with Crippen LogP contribution in [0.2, 0.25) is 0 Å². The molecule has 0 saturated heterocycles. The van der Waals surface area contributed by atoms with Gasteiger partial charge < -0.3 is 16.4 Å². The van der Waals surface area contributed by atoms with Crippen LogP contribution in [0.1, 0.15) is 18.9 Å². The number of carbonyl (C=O) groups excluding carboxylic acids is 3. The van der Waals surface area contributed by atoms with Gasteiger partial charge in [-0.2, -0.15) is 0 Å². The molecule has 9 heteroatoms. The summed E-state index contributed by atoms with van der Waals surface area (Å²) in [5.41, 5.74) is 5.63. The van der Waals surface area contributed by atoms with E-state index in [1.807, 2.05) is 0 Å². The number of nitrogens with two attached hydrogens (primary N) is 1. The van der Waals surface area contributed by atoms with E-state index in [4.69, 9.17) is 5.73 Å². The average Bonchev–Trinajstić information content (AvgIpc) is 2.71. The van der Waals surface area contributed by atoms with E-state index in [2.05, 4.69) is 10.6 Å². The van der Waals surface area contributed by atoms with E-state index >= 15 is 0 Å². The lowest BCUT2D eigenvalue weighted by Gasteiger charge is -2.21. The Kier molecular flexibility index (Phi) is 8.67. The maximum absolute atomic E-state index is 14.0. The van der Waals surface area contributed by atoms with Crippen molar-refractivity contribution in [3.05, 3.63) is 66.0 Å². The first kappa shape index (κ1) is 23.2. The maximum Gasteiger partial charge on any atom is 0.243 e. The van der Waals surface area contributed by atoms with E-state index in [1.165, 1.54) is 25.1 Å². The van der Waals surface area contributed by atoms with Crippen molar-refractivity contribution in [3.63, 3.8) is 0 Å². The zero-order chi connectivity index (χ0) is 22.1. The lowest BCUT2D eigenvalue weighted by Crippen LogP contribution is -2.53. The van der Waals surface area contributed by atoms with Crippen molar-refractivity contribution < 1.29 is 23.0 Å². The van der Waals surface area contributed by atoms with Crippen LogP contribution in [0.15, 0.2) is 59.5 Å². The summed E-state index contributed by atoms with van der Waals surface area (Å²) in [5.74, 6) is -2.35. The zero-order valence-corrected chi connectivity index (χ0v) is 17.3. The van der Waals surface area contributed by atoms with Crippen molar-refractivity contribution in [2.24, 2.45) is 5.73 Å². The predicted octanol–water partition coefficient (Wildman–Crippen LogP) is 1.04. The lowest BCUT2D eigenvalue weighted by atomic mass is 10.0. The minimum absolute atomic E-state index is 0.0507. The molecule has 0 aliphatic carbocycles. The second-order valence-corrected chi connectivity index (χ2v) is 8.23. The van der Waals surface area contributed by atoms with Crippen LogP contribution in [-0.4, -0.2) is 39.8 Å². The van der Waals surface area contributed by atoms with Crippen LogP contribution in [0, 0.1) is 5.82 Å². The topological polar surface area (TPSA) is 118 Å². The van der Waals surface area contributed by atoms with Crippen molar-refractivity contribution >= 4 is 28.5 Å². The summed E-state index contributed by atoms with van der Waals surface area (Å²) >= 11 is 0. The van der Waals surface area contributed by atoms with Crippen molar-refractivity contribution in [3.8, 4) is 0 Å². The molecule has 3 atom stereocenters. The molecular weight excluding hydrogens is 409 g/mol. The predicted molar refractivity (Wildman–Crippen MR) is 111 cm³/mol. The number of benzene rings is 2. The Labute approximate surface area is 176 Å². The van der Waals surface area contributed by atoms with Gasteiger partial charge in [0.05, 0.1) is 10.8 Å². The molecule has 0 aliphatic rings. The summed E-state index contributed by atoms with van der Waals surface area (Å²) in [6.07, 6.45) is -0.0470. The lowest BCUT2D eigenvalue weighted by molar-refractivity contribution is -0.130. The third kappa shape index (κ3) is 7.07. The second-order valence-electron chi connectivity index (χ2n) is 6.66. The summed E-state index contributed by atoms with van der Waals surface area (Å²) in [6, 6.07) is 12.4. The van der Waals surface area contributed by atoms with Crippen LogP contribution in [0.5, 0.6) is 0 Å². The van der Waals surface area contributed by atoms with Crippen molar-refractivity contribution in [2.75, 3.05) is 5.75 Å². The van der Waals surface area contributed by atoms with Crippen LogP contribution in [0.25, 0.3) is 0 Å². The second kappa shape index (κ2) is 11.2. The first-order valence-electron chi connectivity index (χ1n) is 9.31. The van der Waals surface area contributed by atoms with Crippen LogP contribution in [0.3, 0.4) is 0 Å². The van der Waals surface area contributed by atoms with Gasteiger partial charge in [0.1, 0.15) is 17.9 Å². The molecule has 2 aromatic carbocycles. The smallest absolute Gasteiger partial charge is 0.243 e. The fraction of sp³-hybridized carbons (Fsp3) is 0.286. The van der Waals surface area contributed by atoms with Gasteiger partial charge in [0, 0.05) is 24.0 Å². The number of carbonyl (C=O) groups is 3. The molecule has 0 bridgehead atoms. The molecule has 0 heterocycles. The van der Waals surface area contributed by atoms with E-state index in [1.54, 1.807) is 36.4 Å². The number of amides is 3. The molecule has 0 saturated carbocycles. The zero-order valence-electron chi connectivity index (χ0n) is 16.5.